The Balaban J connectivity index is 2.66. The third kappa shape index (κ3) is 8.84. The van der Waals surface area contributed by atoms with E-state index in [0.29, 0.717) is 37.6 Å². The lowest BCUT2D eigenvalue weighted by molar-refractivity contribution is 0.0956. The largest absolute Gasteiger partial charge is 0.357 e. The first-order chi connectivity index (χ1) is 12.2. The number of guanidine groups is 1. The number of hydrogen-bond acceptors (Lipinski definition) is 4. The van der Waals surface area contributed by atoms with Gasteiger partial charge in [-0.15, -0.1) is 0 Å². The summed E-state index contributed by atoms with van der Waals surface area (Å²) in [4.78, 5) is 16.3. The van der Waals surface area contributed by atoms with Gasteiger partial charge in [-0.3, -0.25) is 4.79 Å². The maximum absolute atomic E-state index is 11.8. The van der Waals surface area contributed by atoms with Gasteiger partial charge in [0.25, 0.3) is 5.91 Å². The first-order valence-corrected chi connectivity index (χ1v) is 10.9. The molecule has 0 bridgehead atoms. The molecule has 0 fully saturated rings. The van der Waals surface area contributed by atoms with Crippen molar-refractivity contribution < 1.29 is 13.2 Å². The summed E-state index contributed by atoms with van der Waals surface area (Å²) in [5, 5.41) is 9.13. The second-order valence-electron chi connectivity index (χ2n) is 6.22. The highest BCUT2D eigenvalue weighted by atomic mass is 32.2. The van der Waals surface area contributed by atoms with Crippen LogP contribution >= 0.6 is 0 Å². The molecule has 1 aromatic carbocycles. The van der Waals surface area contributed by atoms with E-state index < -0.39 is 9.84 Å². The minimum Gasteiger partial charge on any atom is -0.357 e. The third-order valence-electron chi connectivity index (χ3n) is 3.62. The van der Waals surface area contributed by atoms with Crippen LogP contribution in [0.2, 0.25) is 0 Å². The lowest BCUT2D eigenvalue weighted by atomic mass is 10.1. The fourth-order valence-corrected chi connectivity index (χ4v) is 2.99. The molecule has 0 aliphatic rings. The molecule has 0 spiro atoms. The van der Waals surface area contributed by atoms with Crippen LogP contribution in [-0.2, 0) is 16.4 Å². The molecular formula is C18H30N4O3S. The van der Waals surface area contributed by atoms with Gasteiger partial charge in [-0.2, -0.15) is 0 Å². The molecule has 26 heavy (non-hydrogen) atoms. The van der Waals surface area contributed by atoms with E-state index >= 15 is 0 Å². The summed E-state index contributed by atoms with van der Waals surface area (Å²) in [5.74, 6) is 0.695. The van der Waals surface area contributed by atoms with Crippen molar-refractivity contribution in [2.24, 2.45) is 4.99 Å². The van der Waals surface area contributed by atoms with Crippen LogP contribution in [0.1, 0.15) is 43.1 Å². The second-order valence-corrected chi connectivity index (χ2v) is 8.48. The quantitative estimate of drug-likeness (QED) is 0.442. The van der Waals surface area contributed by atoms with Gasteiger partial charge in [0.1, 0.15) is 9.84 Å². The Morgan fingerprint density at radius 1 is 1.12 bits per heavy atom. The van der Waals surface area contributed by atoms with E-state index in [9.17, 15) is 13.2 Å². The van der Waals surface area contributed by atoms with Crippen LogP contribution in [0.15, 0.2) is 29.3 Å². The number of carbonyl (C=O) groups excluding carboxylic acids is 1. The van der Waals surface area contributed by atoms with Crippen molar-refractivity contribution in [1.82, 2.24) is 16.0 Å². The highest BCUT2D eigenvalue weighted by molar-refractivity contribution is 7.90. The maximum Gasteiger partial charge on any atom is 0.251 e. The van der Waals surface area contributed by atoms with Crippen molar-refractivity contribution in [2.75, 3.05) is 25.1 Å². The number of aliphatic imine (C=N–C) groups is 1. The number of carbonyl (C=O) groups is 1. The van der Waals surface area contributed by atoms with Crippen molar-refractivity contribution >= 4 is 21.7 Å². The molecule has 7 nitrogen and oxygen atoms in total. The first kappa shape index (κ1) is 22.0. The van der Waals surface area contributed by atoms with Gasteiger partial charge in [-0.05, 0) is 44.9 Å². The Hall–Kier alpha value is -2.09. The van der Waals surface area contributed by atoms with Crippen LogP contribution in [0, 0.1) is 0 Å². The van der Waals surface area contributed by atoms with E-state index in [4.69, 9.17) is 0 Å². The van der Waals surface area contributed by atoms with Crippen LogP contribution in [0.5, 0.6) is 0 Å². The molecule has 0 aromatic heterocycles. The number of benzene rings is 1. The van der Waals surface area contributed by atoms with Gasteiger partial charge in [0.2, 0.25) is 0 Å². The number of amides is 1. The summed E-state index contributed by atoms with van der Waals surface area (Å²) in [6.45, 7) is 7.55. The van der Waals surface area contributed by atoms with Gasteiger partial charge < -0.3 is 16.0 Å². The normalized spacial score (nSPS) is 13.2. The lowest BCUT2D eigenvalue weighted by Crippen LogP contribution is -2.42. The van der Waals surface area contributed by atoms with E-state index in [2.05, 4.69) is 20.9 Å². The standard InChI is InChI=1S/C18H30N4O3S/c1-5-19-17(23)16-9-7-15(8-10-16)13-21-18(20-6-2)22-14(3)11-12-26(4,24)25/h7-10,14H,5-6,11-13H2,1-4H3,(H,19,23)(H2,20,21,22). The predicted octanol–water partition coefficient (Wildman–Crippen LogP) is 1.31. The number of hydrogen-bond donors (Lipinski definition) is 3. The Bertz CT molecular complexity index is 700. The summed E-state index contributed by atoms with van der Waals surface area (Å²) in [5.41, 5.74) is 1.61. The second kappa shape index (κ2) is 10.8. The molecule has 0 saturated carbocycles. The van der Waals surface area contributed by atoms with Crippen molar-refractivity contribution in [3.63, 3.8) is 0 Å². The third-order valence-corrected chi connectivity index (χ3v) is 4.60. The molecule has 1 aromatic rings. The van der Waals surface area contributed by atoms with Gasteiger partial charge in [-0.1, -0.05) is 12.1 Å². The van der Waals surface area contributed by atoms with Crippen molar-refractivity contribution in [1.29, 1.82) is 0 Å². The summed E-state index contributed by atoms with van der Waals surface area (Å²) < 4.78 is 22.5. The van der Waals surface area contributed by atoms with E-state index in [1.807, 2.05) is 32.9 Å². The zero-order chi connectivity index (χ0) is 19.6. The van der Waals surface area contributed by atoms with E-state index in [0.717, 1.165) is 5.56 Å². The molecule has 1 rings (SSSR count). The van der Waals surface area contributed by atoms with E-state index in [1.54, 1.807) is 12.1 Å². The van der Waals surface area contributed by atoms with Crippen LogP contribution in [0.4, 0.5) is 0 Å². The van der Waals surface area contributed by atoms with Crippen LogP contribution in [-0.4, -0.2) is 51.4 Å². The topological polar surface area (TPSA) is 99.7 Å². The molecule has 0 radical (unpaired) electrons. The van der Waals surface area contributed by atoms with Crippen LogP contribution < -0.4 is 16.0 Å². The minimum absolute atomic E-state index is 0.0114. The average Bonchev–Trinajstić information content (AvgIpc) is 2.58. The molecule has 8 heteroatoms. The van der Waals surface area contributed by atoms with Crippen molar-refractivity contribution in [3.8, 4) is 0 Å². The predicted molar refractivity (Wildman–Crippen MR) is 106 cm³/mol. The molecule has 3 N–H and O–H groups in total. The summed E-state index contributed by atoms with van der Waals surface area (Å²) in [6, 6.07) is 7.31. The molecule has 0 saturated heterocycles. The van der Waals surface area contributed by atoms with Crippen LogP contribution in [0.3, 0.4) is 0 Å². The van der Waals surface area contributed by atoms with Gasteiger partial charge >= 0.3 is 0 Å². The summed E-state index contributed by atoms with van der Waals surface area (Å²) >= 11 is 0. The van der Waals surface area contributed by atoms with Gasteiger partial charge in [0.05, 0.1) is 12.3 Å². The van der Waals surface area contributed by atoms with Crippen molar-refractivity contribution in [3.05, 3.63) is 35.4 Å². The van der Waals surface area contributed by atoms with Gasteiger partial charge in [-0.25, -0.2) is 13.4 Å². The fourth-order valence-electron chi connectivity index (χ4n) is 2.21. The number of nitrogens with zero attached hydrogens (tertiary/aromatic N) is 1. The SMILES string of the molecule is CCNC(=O)c1ccc(CN=C(NCC)NC(C)CCS(C)(=O)=O)cc1. The molecule has 1 atom stereocenters. The minimum atomic E-state index is -2.97. The molecular weight excluding hydrogens is 352 g/mol. The zero-order valence-electron chi connectivity index (χ0n) is 16.0. The first-order valence-electron chi connectivity index (χ1n) is 8.84. The molecule has 0 heterocycles. The van der Waals surface area contributed by atoms with Crippen LogP contribution in [0.25, 0.3) is 0 Å². The Morgan fingerprint density at radius 3 is 2.27 bits per heavy atom. The average molecular weight is 383 g/mol. The molecule has 1 unspecified atom stereocenters. The number of rotatable bonds is 9. The Morgan fingerprint density at radius 2 is 1.73 bits per heavy atom. The summed E-state index contributed by atoms with van der Waals surface area (Å²) in [6.07, 6.45) is 1.76. The fraction of sp³-hybridized carbons (Fsp3) is 0.556. The van der Waals surface area contributed by atoms with E-state index in [1.165, 1.54) is 6.26 Å². The summed E-state index contributed by atoms with van der Waals surface area (Å²) in [7, 11) is -2.97. The van der Waals surface area contributed by atoms with Gasteiger partial charge in [0, 0.05) is 31.0 Å². The van der Waals surface area contributed by atoms with Crippen molar-refractivity contribution in [2.45, 2.75) is 39.8 Å². The highest BCUT2D eigenvalue weighted by Gasteiger charge is 2.09. The smallest absolute Gasteiger partial charge is 0.251 e. The molecule has 146 valence electrons. The Kier molecular flexibility index (Phi) is 9.12. The highest BCUT2D eigenvalue weighted by Crippen LogP contribution is 2.06. The molecule has 1 amide bonds. The molecule has 0 aliphatic heterocycles. The zero-order valence-corrected chi connectivity index (χ0v) is 16.8. The molecule has 0 aliphatic carbocycles. The van der Waals surface area contributed by atoms with E-state index in [-0.39, 0.29) is 17.7 Å². The monoisotopic (exact) mass is 382 g/mol. The number of sulfone groups is 1. The lowest BCUT2D eigenvalue weighted by Gasteiger charge is -2.17. The van der Waals surface area contributed by atoms with Gasteiger partial charge in [0.15, 0.2) is 5.96 Å². The Labute approximate surface area is 156 Å². The number of nitrogens with one attached hydrogen (secondary N) is 3. The maximum atomic E-state index is 11.8.